The number of carbonyl (C=O) groups is 1. The Labute approximate surface area is 74.8 Å². The smallest absolute Gasteiger partial charge is 0.241 e. The summed E-state index contributed by atoms with van der Waals surface area (Å²) in [5, 5.41) is 20.0. The van der Waals surface area contributed by atoms with Crippen LogP contribution in [0.25, 0.3) is 0 Å². The molecule has 5 nitrogen and oxygen atoms in total. The van der Waals surface area contributed by atoms with E-state index in [-0.39, 0.29) is 17.7 Å². The maximum absolute atomic E-state index is 11.3. The minimum Gasteiger partial charge on any atom is -0.493 e. The molecule has 13 heavy (non-hydrogen) atoms. The number of carbonyl (C=O) groups excluding carboxylic acids is 1. The Bertz CT molecular complexity index is 326. The Hall–Kier alpha value is -1.65. The van der Waals surface area contributed by atoms with E-state index in [4.69, 9.17) is 0 Å². The van der Waals surface area contributed by atoms with E-state index in [0.29, 0.717) is 13.0 Å². The van der Waals surface area contributed by atoms with Crippen LogP contribution in [0.5, 0.6) is 11.8 Å². The molecule has 0 aromatic carbocycles. The maximum Gasteiger partial charge on any atom is 0.241 e. The van der Waals surface area contributed by atoms with Crippen LogP contribution < -0.4 is 5.01 Å². The van der Waals surface area contributed by atoms with Gasteiger partial charge in [0.15, 0.2) is 0 Å². The van der Waals surface area contributed by atoms with Gasteiger partial charge in [-0.2, -0.15) is 4.68 Å². The van der Waals surface area contributed by atoms with E-state index in [9.17, 15) is 15.0 Å². The molecule has 0 atom stereocenters. The summed E-state index contributed by atoms with van der Waals surface area (Å²) in [5.74, 6) is -0.317. The van der Waals surface area contributed by atoms with Gasteiger partial charge in [0.25, 0.3) is 0 Å². The minimum atomic E-state index is -0.118. The van der Waals surface area contributed by atoms with Crippen molar-refractivity contribution < 1.29 is 15.0 Å². The van der Waals surface area contributed by atoms with Gasteiger partial charge in [0.1, 0.15) is 0 Å². The summed E-state index contributed by atoms with van der Waals surface area (Å²) in [6.45, 7) is 0.536. The first-order valence-electron chi connectivity index (χ1n) is 4.10. The first-order valence-corrected chi connectivity index (χ1v) is 4.10. The van der Waals surface area contributed by atoms with Crippen LogP contribution in [0.1, 0.15) is 12.8 Å². The molecule has 0 aliphatic carbocycles. The van der Waals surface area contributed by atoms with Gasteiger partial charge in [-0.3, -0.25) is 4.79 Å². The van der Waals surface area contributed by atoms with Crippen molar-refractivity contribution in [2.75, 3.05) is 11.6 Å². The summed E-state index contributed by atoms with van der Waals surface area (Å²) in [7, 11) is 0. The number of amides is 1. The molecule has 5 heteroatoms. The third-order valence-electron chi connectivity index (χ3n) is 2.11. The molecule has 0 bridgehead atoms. The van der Waals surface area contributed by atoms with Crippen molar-refractivity contribution in [3.8, 4) is 11.8 Å². The van der Waals surface area contributed by atoms with Crippen molar-refractivity contribution in [3.63, 3.8) is 0 Å². The fraction of sp³-hybridized carbons (Fsp3) is 0.375. The van der Waals surface area contributed by atoms with Gasteiger partial charge in [0, 0.05) is 25.1 Å². The molecule has 1 aliphatic rings. The molecule has 1 aromatic rings. The molecular weight excluding hydrogens is 172 g/mol. The first kappa shape index (κ1) is 7.97. The van der Waals surface area contributed by atoms with E-state index in [1.165, 1.54) is 17.1 Å². The molecule has 1 aromatic heterocycles. The molecule has 0 radical (unpaired) electrons. The molecule has 0 unspecified atom stereocenters. The van der Waals surface area contributed by atoms with Gasteiger partial charge in [-0.15, -0.1) is 0 Å². The molecular formula is C8H10N2O3. The number of aromatic hydroxyl groups is 2. The van der Waals surface area contributed by atoms with Gasteiger partial charge < -0.3 is 10.2 Å². The van der Waals surface area contributed by atoms with E-state index in [1.807, 2.05) is 0 Å². The lowest BCUT2D eigenvalue weighted by atomic mass is 10.4. The number of hydrogen-bond donors (Lipinski definition) is 2. The molecule has 1 aliphatic heterocycles. The summed E-state index contributed by atoms with van der Waals surface area (Å²) in [6, 6.07) is 2.70. The second-order valence-electron chi connectivity index (χ2n) is 2.98. The highest BCUT2D eigenvalue weighted by atomic mass is 16.3. The van der Waals surface area contributed by atoms with Crippen LogP contribution in [0.15, 0.2) is 12.1 Å². The molecule has 2 heterocycles. The van der Waals surface area contributed by atoms with E-state index >= 15 is 0 Å². The second kappa shape index (κ2) is 2.69. The third kappa shape index (κ3) is 1.12. The van der Waals surface area contributed by atoms with E-state index in [0.717, 1.165) is 11.1 Å². The molecule has 2 rings (SSSR count). The summed E-state index contributed by atoms with van der Waals surface area (Å²) < 4.78 is 1.12. The van der Waals surface area contributed by atoms with E-state index < -0.39 is 0 Å². The van der Waals surface area contributed by atoms with Crippen molar-refractivity contribution in [1.82, 2.24) is 4.68 Å². The number of aromatic nitrogens is 1. The summed E-state index contributed by atoms with van der Waals surface area (Å²) in [6.07, 6.45) is 1.23. The topological polar surface area (TPSA) is 65.7 Å². The average Bonchev–Trinajstić information content (AvgIpc) is 2.60. The predicted molar refractivity (Wildman–Crippen MR) is 45.1 cm³/mol. The van der Waals surface area contributed by atoms with E-state index in [1.54, 1.807) is 0 Å². The molecule has 0 saturated carbocycles. The second-order valence-corrected chi connectivity index (χ2v) is 2.98. The predicted octanol–water partition coefficient (Wildman–Crippen LogP) is 0.158. The fourth-order valence-corrected chi connectivity index (χ4v) is 1.50. The van der Waals surface area contributed by atoms with Gasteiger partial charge in [-0.25, -0.2) is 5.01 Å². The van der Waals surface area contributed by atoms with Crippen molar-refractivity contribution >= 4 is 5.91 Å². The highest BCUT2D eigenvalue weighted by Crippen LogP contribution is 2.23. The van der Waals surface area contributed by atoms with Gasteiger partial charge in [-0.1, -0.05) is 0 Å². The summed E-state index contributed by atoms with van der Waals surface area (Å²) in [5.41, 5.74) is 0. The normalized spacial score (nSPS) is 16.9. The first-order chi connectivity index (χ1) is 6.20. The molecule has 1 fully saturated rings. The quantitative estimate of drug-likeness (QED) is 0.650. The van der Waals surface area contributed by atoms with Gasteiger partial charge in [0.2, 0.25) is 17.7 Å². The fourth-order valence-electron chi connectivity index (χ4n) is 1.50. The average molecular weight is 182 g/mol. The zero-order valence-corrected chi connectivity index (χ0v) is 6.97. The number of nitrogens with zero attached hydrogens (tertiary/aromatic N) is 2. The Kier molecular flexibility index (Phi) is 1.65. The Balaban J connectivity index is 2.39. The zero-order valence-electron chi connectivity index (χ0n) is 6.97. The molecule has 70 valence electrons. The lowest BCUT2D eigenvalue weighted by Gasteiger charge is -2.18. The number of hydrogen-bond acceptors (Lipinski definition) is 3. The van der Waals surface area contributed by atoms with E-state index in [2.05, 4.69) is 0 Å². The molecule has 1 saturated heterocycles. The van der Waals surface area contributed by atoms with Gasteiger partial charge >= 0.3 is 0 Å². The summed E-state index contributed by atoms with van der Waals surface area (Å²) >= 11 is 0. The minimum absolute atomic E-state index is 0.0817. The monoisotopic (exact) mass is 182 g/mol. The zero-order chi connectivity index (χ0) is 9.42. The largest absolute Gasteiger partial charge is 0.493 e. The molecule has 2 N–H and O–H groups in total. The highest BCUT2D eigenvalue weighted by Gasteiger charge is 2.25. The van der Waals surface area contributed by atoms with Crippen LogP contribution in [0.4, 0.5) is 0 Å². The maximum atomic E-state index is 11.3. The highest BCUT2D eigenvalue weighted by molar-refractivity contribution is 5.88. The lowest BCUT2D eigenvalue weighted by molar-refractivity contribution is -0.118. The lowest BCUT2D eigenvalue weighted by Crippen LogP contribution is -2.34. The van der Waals surface area contributed by atoms with Crippen molar-refractivity contribution in [3.05, 3.63) is 12.1 Å². The van der Waals surface area contributed by atoms with Crippen LogP contribution in [0.2, 0.25) is 0 Å². The van der Waals surface area contributed by atoms with Crippen LogP contribution in [0.3, 0.4) is 0 Å². The van der Waals surface area contributed by atoms with Gasteiger partial charge in [0.05, 0.1) is 0 Å². The SMILES string of the molecule is O=C1CCCN1n1c(O)ccc1O. The Morgan fingerprint density at radius 2 is 1.85 bits per heavy atom. The summed E-state index contributed by atoms with van der Waals surface area (Å²) in [4.78, 5) is 11.3. The Morgan fingerprint density at radius 3 is 2.31 bits per heavy atom. The standard InChI is InChI=1S/C8H10N2O3/c11-6-2-1-5-9(6)10-7(12)3-4-8(10)13/h3-4,12-13H,1-2,5H2. The molecule has 0 spiro atoms. The van der Waals surface area contributed by atoms with Gasteiger partial charge in [-0.05, 0) is 6.42 Å². The van der Waals surface area contributed by atoms with Crippen LogP contribution in [-0.2, 0) is 4.79 Å². The van der Waals surface area contributed by atoms with Crippen molar-refractivity contribution in [2.24, 2.45) is 0 Å². The number of rotatable bonds is 1. The Morgan fingerprint density at radius 1 is 1.23 bits per heavy atom. The van der Waals surface area contributed by atoms with Crippen molar-refractivity contribution in [1.29, 1.82) is 0 Å². The van der Waals surface area contributed by atoms with Crippen LogP contribution in [-0.4, -0.2) is 27.3 Å². The van der Waals surface area contributed by atoms with Crippen LogP contribution >= 0.6 is 0 Å². The van der Waals surface area contributed by atoms with Crippen LogP contribution in [0, 0.1) is 0 Å². The van der Waals surface area contributed by atoms with Crippen molar-refractivity contribution in [2.45, 2.75) is 12.8 Å². The molecule has 1 amide bonds. The third-order valence-corrected chi connectivity index (χ3v) is 2.11.